The molecule has 1 aliphatic rings. The van der Waals surface area contributed by atoms with Crippen molar-refractivity contribution in [2.45, 2.75) is 44.8 Å². The largest absolute Gasteiger partial charge is 0.479 e. The van der Waals surface area contributed by atoms with Gasteiger partial charge in [-0.3, -0.25) is 0 Å². The average molecular weight is 468 g/mol. The van der Waals surface area contributed by atoms with Crippen LogP contribution in [0.2, 0.25) is 0 Å². The maximum absolute atomic E-state index is 13.7. The molecule has 0 aliphatic carbocycles. The molecule has 7 nitrogen and oxygen atoms in total. The first-order valence-corrected chi connectivity index (χ1v) is 11.0. The number of hydrogen-bond donors (Lipinski definition) is 0. The number of fused-ring (bicyclic) bond motifs is 1. The Kier molecular flexibility index (Phi) is 5.59. The lowest BCUT2D eigenvalue weighted by molar-refractivity contribution is -0.138. The Balaban J connectivity index is 1.57. The molecule has 1 aliphatic heterocycles. The number of aryl methyl sites for hydroxylation is 2. The molecule has 0 N–H and O–H groups in total. The van der Waals surface area contributed by atoms with Gasteiger partial charge < -0.3 is 9.30 Å². The van der Waals surface area contributed by atoms with Crippen molar-refractivity contribution >= 4 is 0 Å². The van der Waals surface area contributed by atoms with Crippen molar-refractivity contribution in [2.75, 3.05) is 7.11 Å². The minimum atomic E-state index is -4.44. The third kappa shape index (κ3) is 4.04. The first-order chi connectivity index (χ1) is 16.3. The molecule has 0 fully saturated rings. The van der Waals surface area contributed by atoms with E-state index in [2.05, 4.69) is 15.1 Å². The molecule has 0 radical (unpaired) electrons. The zero-order chi connectivity index (χ0) is 23.9. The van der Waals surface area contributed by atoms with Gasteiger partial charge >= 0.3 is 6.18 Å². The van der Waals surface area contributed by atoms with Crippen molar-refractivity contribution in [3.05, 3.63) is 71.6 Å². The topological polar surface area (TPSA) is 70.7 Å². The van der Waals surface area contributed by atoms with Gasteiger partial charge in [-0.15, -0.1) is 5.10 Å². The van der Waals surface area contributed by atoms with E-state index in [-0.39, 0.29) is 5.56 Å². The van der Waals surface area contributed by atoms with Crippen LogP contribution in [0.15, 0.2) is 48.9 Å². The van der Waals surface area contributed by atoms with Crippen molar-refractivity contribution in [2.24, 2.45) is 0 Å². The third-order valence-corrected chi connectivity index (χ3v) is 6.02. The molecule has 34 heavy (non-hydrogen) atoms. The molecule has 0 saturated carbocycles. The lowest BCUT2D eigenvalue weighted by atomic mass is 9.89. The van der Waals surface area contributed by atoms with Crippen LogP contribution >= 0.6 is 0 Å². The summed E-state index contributed by atoms with van der Waals surface area (Å²) in [7, 11) is 1.53. The van der Waals surface area contributed by atoms with E-state index >= 15 is 0 Å². The van der Waals surface area contributed by atoms with Crippen LogP contribution in [0.3, 0.4) is 0 Å². The smallest absolute Gasteiger partial charge is 0.416 e. The molecule has 1 aromatic carbocycles. The molecule has 5 rings (SSSR count). The number of halogens is 3. The van der Waals surface area contributed by atoms with Crippen LogP contribution in [-0.2, 0) is 12.7 Å². The second-order valence-electron chi connectivity index (χ2n) is 8.30. The molecule has 176 valence electrons. The van der Waals surface area contributed by atoms with Gasteiger partial charge in [0.1, 0.15) is 17.2 Å². The van der Waals surface area contributed by atoms with Crippen LogP contribution in [0.4, 0.5) is 13.2 Å². The predicted octanol–water partition coefficient (Wildman–Crippen LogP) is 5.18. The highest BCUT2D eigenvalue weighted by molar-refractivity contribution is 5.55. The number of methoxy groups -OCH3 is 1. The minimum Gasteiger partial charge on any atom is -0.479 e. The summed E-state index contributed by atoms with van der Waals surface area (Å²) in [4.78, 5) is 13.5. The fourth-order valence-electron chi connectivity index (χ4n) is 4.44. The number of benzene rings is 1. The molecule has 4 heterocycles. The number of aromatic nitrogens is 6. The van der Waals surface area contributed by atoms with Gasteiger partial charge in [0.25, 0.3) is 0 Å². The fraction of sp³-hybridized carbons (Fsp3) is 0.333. The molecule has 4 aromatic rings. The van der Waals surface area contributed by atoms with Crippen molar-refractivity contribution in [1.29, 1.82) is 0 Å². The van der Waals surface area contributed by atoms with E-state index in [0.717, 1.165) is 24.6 Å². The van der Waals surface area contributed by atoms with E-state index in [1.165, 1.54) is 13.2 Å². The predicted molar refractivity (Wildman–Crippen MR) is 119 cm³/mol. The number of pyridine rings is 1. The maximum Gasteiger partial charge on any atom is 0.416 e. The summed E-state index contributed by atoms with van der Waals surface area (Å²) >= 11 is 0. The standard InChI is InChI=1S/C24H23F3N6O/c1-15-13-32(14-28-15)20-11-10-19(29-23(20)34-2)21-30-22-17(8-5-6-12-33(22)31-21)16-7-3-4-9-18(16)24(25,26)27/h3-4,7,9-11,13-14,17H,5-6,8,12H2,1-2H3. The second-order valence-corrected chi connectivity index (χ2v) is 8.30. The van der Waals surface area contributed by atoms with Gasteiger partial charge in [0.15, 0.2) is 5.82 Å². The molecular weight excluding hydrogens is 445 g/mol. The zero-order valence-corrected chi connectivity index (χ0v) is 18.8. The van der Waals surface area contributed by atoms with Gasteiger partial charge in [-0.2, -0.15) is 13.2 Å². The number of alkyl halides is 3. The van der Waals surface area contributed by atoms with Crippen molar-refractivity contribution in [3.8, 4) is 23.1 Å². The third-order valence-electron chi connectivity index (χ3n) is 6.02. The van der Waals surface area contributed by atoms with E-state index in [1.54, 1.807) is 29.2 Å². The van der Waals surface area contributed by atoms with Crippen molar-refractivity contribution in [1.82, 2.24) is 29.3 Å². The fourth-order valence-corrected chi connectivity index (χ4v) is 4.44. The summed E-state index contributed by atoms with van der Waals surface area (Å²) in [5.41, 5.74) is 1.66. The van der Waals surface area contributed by atoms with Crippen LogP contribution < -0.4 is 4.74 Å². The lowest BCUT2D eigenvalue weighted by Crippen LogP contribution is -2.15. The molecule has 0 spiro atoms. The second kappa shape index (κ2) is 8.58. The average Bonchev–Trinajstić information content (AvgIpc) is 3.39. The summed E-state index contributed by atoms with van der Waals surface area (Å²) < 4.78 is 50.2. The van der Waals surface area contributed by atoms with Crippen LogP contribution in [0.25, 0.3) is 17.2 Å². The first-order valence-electron chi connectivity index (χ1n) is 11.0. The Morgan fingerprint density at radius 2 is 1.88 bits per heavy atom. The number of nitrogens with zero attached hydrogens (tertiary/aromatic N) is 6. The molecule has 10 heteroatoms. The van der Waals surface area contributed by atoms with Crippen molar-refractivity contribution < 1.29 is 17.9 Å². The van der Waals surface area contributed by atoms with Crippen LogP contribution in [0.5, 0.6) is 5.88 Å². The number of hydrogen-bond acceptors (Lipinski definition) is 5. The van der Waals surface area contributed by atoms with Gasteiger partial charge in [0, 0.05) is 18.7 Å². The molecule has 0 amide bonds. The van der Waals surface area contributed by atoms with Gasteiger partial charge in [0.2, 0.25) is 5.88 Å². The molecule has 1 atom stereocenters. The highest BCUT2D eigenvalue weighted by Crippen LogP contribution is 2.40. The molecule has 3 aromatic heterocycles. The minimum absolute atomic E-state index is 0.230. The highest BCUT2D eigenvalue weighted by Gasteiger charge is 2.37. The lowest BCUT2D eigenvalue weighted by Gasteiger charge is -2.19. The van der Waals surface area contributed by atoms with Gasteiger partial charge in [-0.05, 0) is 43.5 Å². The Morgan fingerprint density at radius 3 is 2.62 bits per heavy atom. The number of ether oxygens (including phenoxy) is 1. The Morgan fingerprint density at radius 1 is 1.06 bits per heavy atom. The van der Waals surface area contributed by atoms with Gasteiger partial charge in [0.05, 0.1) is 24.7 Å². The molecule has 0 saturated heterocycles. The monoisotopic (exact) mass is 468 g/mol. The van der Waals surface area contributed by atoms with E-state index < -0.39 is 17.7 Å². The zero-order valence-electron chi connectivity index (χ0n) is 18.8. The van der Waals surface area contributed by atoms with Crippen LogP contribution in [0, 0.1) is 6.92 Å². The quantitative estimate of drug-likeness (QED) is 0.413. The Bertz CT molecular complexity index is 1330. The van der Waals surface area contributed by atoms with Gasteiger partial charge in [-0.1, -0.05) is 24.6 Å². The molecular formula is C24H23F3N6O. The van der Waals surface area contributed by atoms with Crippen LogP contribution in [0.1, 0.15) is 47.8 Å². The van der Waals surface area contributed by atoms with E-state index in [0.29, 0.717) is 41.9 Å². The van der Waals surface area contributed by atoms with Crippen molar-refractivity contribution in [3.63, 3.8) is 0 Å². The molecule has 1 unspecified atom stereocenters. The number of rotatable bonds is 4. The number of imidazole rings is 1. The summed E-state index contributed by atoms with van der Waals surface area (Å²) in [5.74, 6) is 0.757. The van der Waals surface area contributed by atoms with Gasteiger partial charge in [-0.25, -0.2) is 19.6 Å². The summed E-state index contributed by atoms with van der Waals surface area (Å²) in [6.07, 6.45) is 1.28. The summed E-state index contributed by atoms with van der Waals surface area (Å²) in [6, 6.07) is 9.34. The SMILES string of the molecule is COc1nc(-c2nc3n(n2)CCCCC3c2ccccc2C(F)(F)F)ccc1-n1cnc(C)c1. The Labute approximate surface area is 194 Å². The summed E-state index contributed by atoms with van der Waals surface area (Å²) in [6.45, 7) is 2.48. The van der Waals surface area contributed by atoms with Crippen LogP contribution in [-0.4, -0.2) is 36.4 Å². The van der Waals surface area contributed by atoms with E-state index in [1.807, 2.05) is 23.8 Å². The normalized spacial score (nSPS) is 16.2. The van der Waals surface area contributed by atoms with E-state index in [9.17, 15) is 13.2 Å². The summed E-state index contributed by atoms with van der Waals surface area (Å²) in [5, 5.41) is 4.62. The molecule has 0 bridgehead atoms. The van der Waals surface area contributed by atoms with E-state index in [4.69, 9.17) is 9.72 Å². The first kappa shape index (κ1) is 22.1. The Hall–Kier alpha value is -3.69. The maximum atomic E-state index is 13.7. The highest BCUT2D eigenvalue weighted by atomic mass is 19.4.